The third-order valence-electron chi connectivity index (χ3n) is 10.8. The summed E-state index contributed by atoms with van der Waals surface area (Å²) in [6.45, 7) is 58.6. The molecule has 0 nitrogen and oxygen atoms in total. The van der Waals surface area contributed by atoms with E-state index in [1.165, 1.54) is 5.56 Å². The number of hydrogen-bond acceptors (Lipinski definition) is 4. The van der Waals surface area contributed by atoms with Crippen LogP contribution in [0.2, 0.25) is 118 Å². The summed E-state index contributed by atoms with van der Waals surface area (Å²) in [4.78, 5) is 0. The SMILES string of the molecule is CC(C)c1cc[c]([Sn]2([c]3c(C([Si](C)(C)C)[Si](C)(C)C)cc(C([Si](C)(C)C)[Si](C)(C)C)cc3C([Si](C)(C)C)[Si](C)(C)C)[S]SS[S]2)c(C(C)C)c1. The van der Waals surface area contributed by atoms with E-state index < -0.39 is 64.1 Å². The zero-order valence-electron chi connectivity index (χ0n) is 36.4. The van der Waals surface area contributed by atoms with E-state index in [1.807, 2.05) is 14.7 Å². The fourth-order valence-electron chi connectivity index (χ4n) is 10.6. The van der Waals surface area contributed by atoms with Crippen LogP contribution in [0.1, 0.15) is 82.8 Å². The van der Waals surface area contributed by atoms with Gasteiger partial charge in [-0.05, 0) is 0 Å². The molecule has 2 aromatic rings. The number of hydrogen-bond donors (Lipinski definition) is 0. The van der Waals surface area contributed by atoms with Gasteiger partial charge in [-0.2, -0.15) is 0 Å². The van der Waals surface area contributed by atoms with Crippen molar-refractivity contribution in [3.8, 4) is 0 Å². The van der Waals surface area contributed by atoms with E-state index >= 15 is 0 Å². The monoisotopic (exact) mass is 960 g/mol. The van der Waals surface area contributed by atoms with Crippen molar-refractivity contribution in [2.45, 2.75) is 173 Å². The number of rotatable bonds is 13. The predicted octanol–water partition coefficient (Wildman–Crippen LogP) is 14.7. The summed E-state index contributed by atoms with van der Waals surface area (Å²) >= 11 is -3.49. The summed E-state index contributed by atoms with van der Waals surface area (Å²) in [5, 5.41) is 2.23. The standard InChI is InChI=1S/C27H59Si6.C12H17.H2S4.Sn/c1-28(2,3)25(29(4,5)6)22-19-23(26(30(7,8)9)31(10,11)12)21-24(20-22)27(32(13,14)15)33(16,17)18;1-9(2)11-6-5-7-12(8-11)10(3)4;1-3-4-2;/h19-20,25-27H,1-18H3;5-6,8-10H,1-4H3;1-2H;/q;;;+2/p-2. The maximum atomic E-state index is 2.97. The predicted molar refractivity (Wildman–Crippen MR) is 265 cm³/mol. The topological polar surface area (TPSA) is 0 Å². The molecule has 0 atom stereocenters. The van der Waals surface area contributed by atoms with Crippen molar-refractivity contribution >= 4 is 107 Å². The maximum absolute atomic E-state index is 3.49. The van der Waals surface area contributed by atoms with Crippen LogP contribution in [-0.2, 0) is 0 Å². The van der Waals surface area contributed by atoms with E-state index in [-0.39, 0.29) is 0 Å². The zero-order chi connectivity index (χ0) is 38.8. The summed E-state index contributed by atoms with van der Waals surface area (Å²) < 4.78 is 3.77. The van der Waals surface area contributed by atoms with Gasteiger partial charge in [0.2, 0.25) is 0 Å². The van der Waals surface area contributed by atoms with Crippen LogP contribution in [0.4, 0.5) is 0 Å². The van der Waals surface area contributed by atoms with E-state index in [4.69, 9.17) is 0 Å². The molecule has 3 rings (SSSR count). The van der Waals surface area contributed by atoms with Crippen LogP contribution in [0.3, 0.4) is 0 Å². The fraction of sp³-hybridized carbons (Fsp3) is 0.692. The molecule has 284 valence electrons. The Hall–Kier alpha value is 1.94. The van der Waals surface area contributed by atoms with Crippen molar-refractivity contribution in [3.05, 3.63) is 58.1 Å². The van der Waals surface area contributed by atoms with Gasteiger partial charge in [-0.25, -0.2) is 0 Å². The van der Waals surface area contributed by atoms with Gasteiger partial charge in [-0.3, -0.25) is 0 Å². The van der Waals surface area contributed by atoms with Crippen molar-refractivity contribution in [1.29, 1.82) is 0 Å². The van der Waals surface area contributed by atoms with Crippen LogP contribution in [0.5, 0.6) is 0 Å². The molecule has 0 unspecified atom stereocenters. The Morgan fingerprint density at radius 1 is 0.420 bits per heavy atom. The molecule has 0 bridgehead atoms. The molecule has 1 aliphatic rings. The summed E-state index contributed by atoms with van der Waals surface area (Å²) in [5.41, 5.74) is 8.73. The van der Waals surface area contributed by atoms with Crippen LogP contribution in [-0.4, -0.2) is 64.1 Å². The fourth-order valence-corrected chi connectivity index (χ4v) is 123. The quantitative estimate of drug-likeness (QED) is 0.145. The van der Waals surface area contributed by atoms with Gasteiger partial charge >= 0.3 is 338 Å². The molecule has 0 amide bonds. The summed E-state index contributed by atoms with van der Waals surface area (Å²) in [6.07, 6.45) is 0. The van der Waals surface area contributed by atoms with Gasteiger partial charge < -0.3 is 0 Å². The molecule has 50 heavy (non-hydrogen) atoms. The van der Waals surface area contributed by atoms with E-state index in [9.17, 15) is 0 Å². The second kappa shape index (κ2) is 16.1. The molecule has 0 spiro atoms. The molecule has 0 N–H and O–H groups in total. The Balaban J connectivity index is 2.85. The molecule has 0 radical (unpaired) electrons. The number of benzene rings is 2. The average Bonchev–Trinajstić information content (AvgIpc) is 3.33. The Morgan fingerprint density at radius 3 is 1.06 bits per heavy atom. The summed E-state index contributed by atoms with van der Waals surface area (Å²) in [7, 11) is -0.483. The van der Waals surface area contributed by atoms with Crippen molar-refractivity contribution in [1.82, 2.24) is 0 Å². The molecule has 1 saturated heterocycles. The first-order chi connectivity index (χ1) is 22.3. The zero-order valence-corrected chi connectivity index (χ0v) is 48.5. The molecule has 1 fully saturated rings. The van der Waals surface area contributed by atoms with Crippen molar-refractivity contribution in [2.24, 2.45) is 0 Å². The normalized spacial score (nSPS) is 16.9. The van der Waals surface area contributed by atoms with Crippen LogP contribution < -0.4 is 7.16 Å². The average molecular weight is 961 g/mol. The van der Waals surface area contributed by atoms with E-state index in [1.54, 1.807) is 14.7 Å². The van der Waals surface area contributed by atoms with Gasteiger partial charge in [0.15, 0.2) is 0 Å². The van der Waals surface area contributed by atoms with E-state index in [0.29, 0.717) is 11.8 Å². The van der Waals surface area contributed by atoms with Crippen LogP contribution in [0.15, 0.2) is 30.3 Å². The van der Waals surface area contributed by atoms with Crippen LogP contribution in [0.25, 0.3) is 0 Å². The van der Waals surface area contributed by atoms with Gasteiger partial charge in [-0.15, -0.1) is 0 Å². The minimum absolute atomic E-state index is 0.526. The molecule has 11 heteroatoms. The molecule has 1 aliphatic heterocycles. The third kappa shape index (κ3) is 10.3. The Morgan fingerprint density at radius 2 is 0.760 bits per heavy atom. The summed E-state index contributed by atoms with van der Waals surface area (Å²) in [6, 6.07) is 13.8. The van der Waals surface area contributed by atoms with E-state index in [2.05, 4.69) is 211 Å². The van der Waals surface area contributed by atoms with Crippen LogP contribution in [0, 0.1) is 0 Å². The van der Waals surface area contributed by atoms with Crippen molar-refractivity contribution < 1.29 is 0 Å². The first-order valence-corrected chi connectivity index (χ1v) is 55.4. The van der Waals surface area contributed by atoms with Gasteiger partial charge in [-0.1, -0.05) is 0 Å². The second-order valence-electron chi connectivity index (χ2n) is 22.6. The second-order valence-corrected chi connectivity index (χ2v) is 86.1. The Kier molecular flexibility index (Phi) is 14.9. The first kappa shape index (κ1) is 46.3. The molecular formula is C39H76S4Si6Sn. The van der Waals surface area contributed by atoms with Gasteiger partial charge in [0.1, 0.15) is 0 Å². The van der Waals surface area contributed by atoms with Gasteiger partial charge in [0.25, 0.3) is 0 Å². The Labute approximate surface area is 334 Å². The van der Waals surface area contributed by atoms with Crippen LogP contribution >= 0.6 is 35.6 Å². The molecule has 0 aliphatic carbocycles. The molecule has 1 heterocycles. The summed E-state index contributed by atoms with van der Waals surface area (Å²) in [5.74, 6) is 1.08. The molecule has 0 aromatic heterocycles. The van der Waals surface area contributed by atoms with Gasteiger partial charge in [0.05, 0.1) is 0 Å². The van der Waals surface area contributed by atoms with Crippen molar-refractivity contribution in [2.75, 3.05) is 0 Å². The molecule has 2 aromatic carbocycles. The molecular weight excluding hydrogens is 884 g/mol. The molecule has 0 saturated carbocycles. The van der Waals surface area contributed by atoms with Gasteiger partial charge in [0, 0.05) is 0 Å². The van der Waals surface area contributed by atoms with E-state index in [0.717, 1.165) is 15.5 Å². The minimum atomic E-state index is -3.49. The Bertz CT molecular complexity index is 1400. The third-order valence-corrected chi connectivity index (χ3v) is 87.8. The first-order valence-electron chi connectivity index (χ1n) is 19.3. The van der Waals surface area contributed by atoms with Crippen molar-refractivity contribution in [3.63, 3.8) is 0 Å².